The first-order valence-electron chi connectivity index (χ1n) is 6.67. The van der Waals surface area contributed by atoms with E-state index in [1.54, 1.807) is 12.4 Å². The van der Waals surface area contributed by atoms with E-state index in [9.17, 15) is 0 Å². The van der Waals surface area contributed by atoms with Crippen LogP contribution in [0, 0.1) is 0 Å². The molecule has 0 amide bonds. The van der Waals surface area contributed by atoms with Gasteiger partial charge >= 0.3 is 50.5 Å². The maximum absolute atomic E-state index is 7.00. The van der Waals surface area contributed by atoms with Gasteiger partial charge in [0.1, 0.15) is 0 Å². The maximum Gasteiger partial charge on any atom is 0.0319 e. The van der Waals surface area contributed by atoms with Crippen LogP contribution in [0.4, 0.5) is 0 Å². The van der Waals surface area contributed by atoms with Crippen molar-refractivity contribution in [2.45, 2.75) is 78.9 Å². The van der Waals surface area contributed by atoms with E-state index in [4.69, 9.17) is 5.11 Å². The zero-order valence-electron chi connectivity index (χ0n) is 14.9. The van der Waals surface area contributed by atoms with Crippen molar-refractivity contribution < 1.29 is 26.0 Å². The Bertz CT molecular complexity index is 240. The third-order valence-electron chi connectivity index (χ3n) is 1.29. The molecule has 0 aliphatic rings. The Labute approximate surface area is 138 Å². The van der Waals surface area contributed by atoms with Crippen molar-refractivity contribution in [1.29, 1.82) is 0 Å². The van der Waals surface area contributed by atoms with Crippen molar-refractivity contribution >= 4 is 0 Å². The molecule has 0 bridgehead atoms. The monoisotopic (exact) mass is 452 g/mol. The van der Waals surface area contributed by atoms with E-state index in [2.05, 4.69) is 76.3 Å². The summed E-state index contributed by atoms with van der Waals surface area (Å²) in [6, 6.07) is 0. The van der Waals surface area contributed by atoms with Crippen molar-refractivity contribution in [3.8, 4) is 0 Å². The number of hydrogen-bond acceptors (Lipinski definition) is 2. The second kappa shape index (κ2) is 11.5. The molecule has 20 heavy (non-hydrogen) atoms. The molecule has 0 aromatic carbocycles. The maximum atomic E-state index is 7.00. The molecule has 5 heteroatoms. The predicted octanol–water partition coefficient (Wildman–Crippen LogP) is 4.93. The largest absolute Gasteiger partial charge is 0.400 e. The summed E-state index contributed by atoms with van der Waals surface area (Å²) in [7, 11) is 1.00. The summed E-state index contributed by atoms with van der Waals surface area (Å²) in [6.45, 7) is 18.7. The summed E-state index contributed by atoms with van der Waals surface area (Å²) in [5.41, 5.74) is 0.224. The van der Waals surface area contributed by atoms with Gasteiger partial charge in [-0.2, -0.15) is 0 Å². The van der Waals surface area contributed by atoms with E-state index < -0.39 is 0 Å². The van der Waals surface area contributed by atoms with Crippen LogP contribution in [0.2, 0.25) is 0 Å². The van der Waals surface area contributed by atoms with E-state index >= 15 is 0 Å². The molecule has 1 N–H and O–H groups in total. The minimum Gasteiger partial charge on any atom is -0.400 e. The molecular weight excluding hydrogens is 419 g/mol. The Morgan fingerprint density at radius 3 is 1.05 bits per heavy atom. The van der Waals surface area contributed by atoms with Gasteiger partial charge in [0.2, 0.25) is 0 Å². The van der Waals surface area contributed by atoms with E-state index in [0.717, 1.165) is 28.0 Å². The molecule has 0 rings (SSSR count). The SMILES string of the molecule is CC(C)(C)[N-]/C=C\[N-]C(C)(C)C.CC(C)(C)[N]=[Ta].CO. The number of aliphatic hydroxyl groups excluding tert-OH is 1. The van der Waals surface area contributed by atoms with Crippen LogP contribution in [0.5, 0.6) is 0 Å². The molecule has 0 saturated carbocycles. The molecule has 0 unspecified atom stereocenters. The first kappa shape index (κ1) is 24.8. The van der Waals surface area contributed by atoms with E-state index in [1.165, 1.54) is 0 Å². The Hall–Kier alpha value is -0.160. The first-order valence-corrected chi connectivity index (χ1v) is 8.10. The molecule has 0 spiro atoms. The topological polar surface area (TPSA) is 60.8 Å². The van der Waals surface area contributed by atoms with Gasteiger partial charge in [0, 0.05) is 7.11 Å². The summed E-state index contributed by atoms with van der Waals surface area (Å²) in [4.78, 5) is 0. The van der Waals surface area contributed by atoms with Crippen LogP contribution in [-0.2, 0) is 20.9 Å². The van der Waals surface area contributed by atoms with Crippen LogP contribution >= 0.6 is 0 Å². The van der Waals surface area contributed by atoms with Crippen LogP contribution in [-0.4, -0.2) is 28.8 Å². The van der Waals surface area contributed by atoms with Crippen LogP contribution in [0.15, 0.2) is 15.7 Å². The summed E-state index contributed by atoms with van der Waals surface area (Å²) in [6.07, 6.45) is 3.54. The molecule has 0 saturated heterocycles. The first-order chi connectivity index (χ1) is 8.77. The predicted molar refractivity (Wildman–Crippen MR) is 85.7 cm³/mol. The fourth-order valence-corrected chi connectivity index (χ4v) is 0.514. The van der Waals surface area contributed by atoms with Crippen LogP contribution in [0.1, 0.15) is 62.3 Å². The minimum absolute atomic E-state index is 0.00387. The molecule has 0 radical (unpaired) electrons. The van der Waals surface area contributed by atoms with Gasteiger partial charge in [-0.1, -0.05) is 41.5 Å². The number of aliphatic hydroxyl groups is 1. The van der Waals surface area contributed by atoms with Gasteiger partial charge < -0.3 is 15.7 Å². The van der Waals surface area contributed by atoms with Gasteiger partial charge in [0.05, 0.1) is 0 Å². The molecule has 0 fully saturated rings. The number of rotatable bonds is 2. The third-order valence-corrected chi connectivity index (χ3v) is 3.45. The Morgan fingerprint density at radius 1 is 0.750 bits per heavy atom. The zero-order chi connectivity index (χ0) is 17.0. The molecule has 0 atom stereocenters. The quantitative estimate of drug-likeness (QED) is 0.635. The second-order valence-electron chi connectivity index (χ2n) is 7.17. The normalized spacial score (nSPS) is 11.7. The smallest absolute Gasteiger partial charge is 0.0319 e. The van der Waals surface area contributed by atoms with Crippen molar-refractivity contribution in [3.63, 3.8) is 0 Å². The van der Waals surface area contributed by atoms with Gasteiger partial charge in [-0.15, -0.1) is 11.1 Å². The molecular formula is C15H33N3OTa-2. The van der Waals surface area contributed by atoms with Gasteiger partial charge in [-0.05, 0) is 0 Å². The molecule has 0 aromatic rings. The fraction of sp³-hybridized carbons (Fsp3) is 0.867. The molecule has 0 heterocycles. The van der Waals surface area contributed by atoms with E-state index in [0.29, 0.717) is 0 Å². The number of nitrogens with zero attached hydrogens (tertiary/aromatic N) is 3. The summed E-state index contributed by atoms with van der Waals surface area (Å²) in [5.74, 6) is 0. The van der Waals surface area contributed by atoms with E-state index in [-0.39, 0.29) is 16.6 Å². The van der Waals surface area contributed by atoms with Crippen molar-refractivity contribution in [3.05, 3.63) is 23.0 Å². The molecule has 0 aromatic heterocycles. The summed E-state index contributed by atoms with van der Waals surface area (Å²) < 4.78 is 4.13. The minimum atomic E-state index is 0.00387. The summed E-state index contributed by atoms with van der Waals surface area (Å²) >= 11 is 1.15. The average Bonchev–Trinajstić information content (AvgIpc) is 2.25. The van der Waals surface area contributed by atoms with E-state index in [1.807, 2.05) is 0 Å². The Kier molecular flexibility index (Phi) is 14.3. The van der Waals surface area contributed by atoms with Crippen LogP contribution in [0.3, 0.4) is 0 Å². The van der Waals surface area contributed by atoms with Crippen molar-refractivity contribution in [1.82, 2.24) is 0 Å². The standard InChI is InChI=1S/C10H20N2.C4H9N.CH4O.Ta/c1-9(2,3)11-7-8-12-10(4,5)6;1-4(2,3)5;1-2;/h7-8H,1-6H3;1-3H3;2H,1H3;/q-2;;;/b8-7-;;;. The van der Waals surface area contributed by atoms with Gasteiger partial charge in [-0.3, -0.25) is 0 Å². The third kappa shape index (κ3) is 36.1. The van der Waals surface area contributed by atoms with Crippen molar-refractivity contribution in [2.24, 2.45) is 3.34 Å². The molecule has 4 nitrogen and oxygen atoms in total. The fourth-order valence-electron chi connectivity index (χ4n) is 0.514. The Balaban J connectivity index is -0.000000304. The molecule has 0 aliphatic carbocycles. The number of hydrogen-bond donors (Lipinski definition) is 1. The van der Waals surface area contributed by atoms with Crippen molar-refractivity contribution in [2.75, 3.05) is 7.11 Å². The zero-order valence-corrected chi connectivity index (χ0v) is 18.1. The average molecular weight is 452 g/mol. The Morgan fingerprint density at radius 2 is 0.950 bits per heavy atom. The van der Waals surface area contributed by atoms with Gasteiger partial charge in [-0.25, -0.2) is 12.4 Å². The van der Waals surface area contributed by atoms with Crippen LogP contribution in [0.25, 0.3) is 10.6 Å². The second-order valence-corrected chi connectivity index (χ2v) is 7.89. The molecule has 0 aliphatic heterocycles. The van der Waals surface area contributed by atoms with Gasteiger partial charge in [0.25, 0.3) is 0 Å². The van der Waals surface area contributed by atoms with Crippen LogP contribution < -0.4 is 0 Å². The van der Waals surface area contributed by atoms with Gasteiger partial charge in [0.15, 0.2) is 0 Å². The molecule has 121 valence electrons. The summed E-state index contributed by atoms with van der Waals surface area (Å²) in [5, 5.41) is 15.6.